The van der Waals surface area contributed by atoms with Crippen molar-refractivity contribution in [2.24, 2.45) is 12.8 Å². The summed E-state index contributed by atoms with van der Waals surface area (Å²) in [5.74, 6) is 0.891. The van der Waals surface area contributed by atoms with Crippen molar-refractivity contribution in [3.8, 4) is 0 Å². The van der Waals surface area contributed by atoms with E-state index in [0.29, 0.717) is 24.7 Å². The third kappa shape index (κ3) is 5.24. The molecule has 0 spiro atoms. The van der Waals surface area contributed by atoms with Gasteiger partial charge in [-0.1, -0.05) is 24.3 Å². The van der Waals surface area contributed by atoms with Crippen LogP contribution in [0.5, 0.6) is 0 Å². The number of hydrogen-bond donors (Lipinski definition) is 3. The van der Waals surface area contributed by atoms with Gasteiger partial charge in [0.25, 0.3) is 5.91 Å². The highest BCUT2D eigenvalue weighted by molar-refractivity contribution is 5.94. The van der Waals surface area contributed by atoms with Crippen LogP contribution in [0.2, 0.25) is 0 Å². The summed E-state index contributed by atoms with van der Waals surface area (Å²) in [7, 11) is 2.07. The van der Waals surface area contributed by atoms with E-state index in [1.807, 2.05) is 18.2 Å². The van der Waals surface area contributed by atoms with E-state index in [4.69, 9.17) is 10.7 Å². The van der Waals surface area contributed by atoms with Gasteiger partial charge in [-0.05, 0) is 49.1 Å². The predicted octanol–water partition coefficient (Wildman–Crippen LogP) is 2.38. The number of nitrogens with zero attached hydrogens (tertiary/aromatic N) is 3. The molecular formula is C24H32N6O. The monoisotopic (exact) mass is 420 g/mol. The van der Waals surface area contributed by atoms with E-state index in [2.05, 4.69) is 57.5 Å². The highest BCUT2D eigenvalue weighted by atomic mass is 16.1. The number of carbonyl (C=O) groups excluding carboxylic acids is 1. The van der Waals surface area contributed by atoms with E-state index in [0.717, 1.165) is 55.9 Å². The van der Waals surface area contributed by atoms with Crippen LogP contribution < -0.4 is 16.4 Å². The Hall–Kier alpha value is -2.90. The number of nitrogens with two attached hydrogens (primary N) is 1. The van der Waals surface area contributed by atoms with Gasteiger partial charge >= 0.3 is 0 Å². The molecule has 31 heavy (non-hydrogen) atoms. The molecule has 0 atom stereocenters. The number of anilines is 1. The van der Waals surface area contributed by atoms with Crippen molar-refractivity contribution in [2.45, 2.75) is 25.3 Å². The highest BCUT2D eigenvalue weighted by Crippen LogP contribution is 2.21. The molecule has 0 bridgehead atoms. The topological polar surface area (TPSA) is 88.2 Å². The van der Waals surface area contributed by atoms with Crippen LogP contribution in [0.1, 0.15) is 28.8 Å². The molecule has 3 aromatic rings. The number of aryl methyl sites for hydroxylation is 1. The molecule has 4 rings (SSSR count). The average molecular weight is 421 g/mol. The first-order valence-electron chi connectivity index (χ1n) is 11.1. The fourth-order valence-corrected chi connectivity index (χ4v) is 4.16. The summed E-state index contributed by atoms with van der Waals surface area (Å²) < 4.78 is 2.14. The maximum absolute atomic E-state index is 12.0. The Morgan fingerprint density at radius 3 is 2.58 bits per heavy atom. The van der Waals surface area contributed by atoms with Gasteiger partial charge in [-0.15, -0.1) is 0 Å². The predicted molar refractivity (Wildman–Crippen MR) is 125 cm³/mol. The molecule has 164 valence electrons. The minimum absolute atomic E-state index is 0.0628. The third-order valence-corrected chi connectivity index (χ3v) is 6.07. The lowest BCUT2D eigenvalue weighted by Crippen LogP contribution is -2.40. The quantitative estimate of drug-likeness (QED) is 0.521. The number of carbonyl (C=O) groups is 1. The van der Waals surface area contributed by atoms with Gasteiger partial charge in [0.2, 0.25) is 5.95 Å². The van der Waals surface area contributed by atoms with Crippen molar-refractivity contribution in [1.82, 2.24) is 19.8 Å². The molecule has 1 fully saturated rings. The molecule has 0 aliphatic carbocycles. The van der Waals surface area contributed by atoms with Gasteiger partial charge in [0.15, 0.2) is 0 Å². The van der Waals surface area contributed by atoms with Crippen molar-refractivity contribution in [2.75, 3.05) is 38.0 Å². The van der Waals surface area contributed by atoms with E-state index < -0.39 is 0 Å². The molecule has 2 aromatic carbocycles. The molecule has 0 unspecified atom stereocenters. The number of nitrogens with one attached hydrogen (secondary N) is 2. The Kier molecular flexibility index (Phi) is 6.84. The zero-order valence-corrected chi connectivity index (χ0v) is 18.2. The second kappa shape index (κ2) is 9.94. The van der Waals surface area contributed by atoms with Crippen molar-refractivity contribution in [1.29, 1.82) is 0 Å². The van der Waals surface area contributed by atoms with Crippen LogP contribution in [-0.4, -0.2) is 59.1 Å². The molecule has 7 heteroatoms. The fourth-order valence-electron chi connectivity index (χ4n) is 4.16. The zero-order valence-electron chi connectivity index (χ0n) is 18.2. The lowest BCUT2D eigenvalue weighted by molar-refractivity contribution is 0.0954. The van der Waals surface area contributed by atoms with E-state index in [-0.39, 0.29) is 5.91 Å². The molecule has 1 aromatic heterocycles. The first kappa shape index (κ1) is 21.3. The Labute approximate surface area is 183 Å². The van der Waals surface area contributed by atoms with Crippen molar-refractivity contribution in [3.63, 3.8) is 0 Å². The number of para-hydroxylation sites is 2. The molecule has 2 heterocycles. The Morgan fingerprint density at radius 2 is 1.87 bits per heavy atom. The van der Waals surface area contributed by atoms with Gasteiger partial charge in [-0.25, -0.2) is 4.98 Å². The van der Waals surface area contributed by atoms with Gasteiger partial charge in [-0.2, -0.15) is 0 Å². The van der Waals surface area contributed by atoms with Crippen LogP contribution in [0.4, 0.5) is 5.95 Å². The summed E-state index contributed by atoms with van der Waals surface area (Å²) in [5, 5.41) is 6.44. The second-order valence-electron chi connectivity index (χ2n) is 8.23. The van der Waals surface area contributed by atoms with Crippen LogP contribution in [0.25, 0.3) is 11.0 Å². The molecule has 0 radical (unpaired) electrons. The average Bonchev–Trinajstić information content (AvgIpc) is 3.12. The van der Waals surface area contributed by atoms with Crippen molar-refractivity contribution >= 4 is 22.9 Å². The molecular weight excluding hydrogens is 388 g/mol. The number of imidazole rings is 1. The number of aromatic nitrogens is 2. The number of benzene rings is 2. The number of rotatable bonds is 8. The minimum atomic E-state index is -0.0628. The molecule has 7 nitrogen and oxygen atoms in total. The van der Waals surface area contributed by atoms with Crippen molar-refractivity contribution < 1.29 is 4.79 Å². The van der Waals surface area contributed by atoms with E-state index in [1.165, 1.54) is 5.56 Å². The van der Waals surface area contributed by atoms with Gasteiger partial charge in [0, 0.05) is 51.4 Å². The zero-order chi connectivity index (χ0) is 21.6. The van der Waals surface area contributed by atoms with Gasteiger partial charge in [0.05, 0.1) is 11.0 Å². The summed E-state index contributed by atoms with van der Waals surface area (Å²) in [6, 6.07) is 16.6. The normalized spacial score (nSPS) is 15.3. The van der Waals surface area contributed by atoms with Crippen LogP contribution in [-0.2, 0) is 13.5 Å². The van der Waals surface area contributed by atoms with Gasteiger partial charge < -0.3 is 25.8 Å². The summed E-state index contributed by atoms with van der Waals surface area (Å²) in [6.45, 7) is 4.16. The summed E-state index contributed by atoms with van der Waals surface area (Å²) in [4.78, 5) is 19.2. The molecule has 1 aliphatic rings. The lowest BCUT2D eigenvalue weighted by atomic mass is 10.0. The maximum atomic E-state index is 12.0. The number of likely N-dealkylation sites (tertiary alicyclic amines) is 1. The van der Waals surface area contributed by atoms with Gasteiger partial charge in [-0.3, -0.25) is 4.79 Å². The SMILES string of the molecule is Cn1c(NC2CCN(CCc3ccc(C(=O)NCCN)cc3)CC2)nc2ccccc21. The smallest absolute Gasteiger partial charge is 0.251 e. The first-order chi connectivity index (χ1) is 15.1. The fraction of sp³-hybridized carbons (Fsp3) is 0.417. The second-order valence-corrected chi connectivity index (χ2v) is 8.23. The summed E-state index contributed by atoms with van der Waals surface area (Å²) in [5.41, 5.74) is 9.57. The van der Waals surface area contributed by atoms with Crippen LogP contribution in [0, 0.1) is 0 Å². The molecule has 1 saturated heterocycles. The van der Waals surface area contributed by atoms with Crippen LogP contribution >= 0.6 is 0 Å². The molecule has 4 N–H and O–H groups in total. The number of amides is 1. The van der Waals surface area contributed by atoms with Crippen molar-refractivity contribution in [3.05, 3.63) is 59.7 Å². The Morgan fingerprint density at radius 1 is 1.13 bits per heavy atom. The Bertz CT molecular complexity index is 1000. The maximum Gasteiger partial charge on any atom is 0.251 e. The molecule has 0 saturated carbocycles. The van der Waals surface area contributed by atoms with E-state index in [1.54, 1.807) is 0 Å². The largest absolute Gasteiger partial charge is 0.353 e. The van der Waals surface area contributed by atoms with E-state index in [9.17, 15) is 4.79 Å². The lowest BCUT2D eigenvalue weighted by Gasteiger charge is -2.32. The van der Waals surface area contributed by atoms with Gasteiger partial charge in [0.1, 0.15) is 0 Å². The third-order valence-electron chi connectivity index (χ3n) is 6.07. The Balaban J connectivity index is 1.23. The minimum Gasteiger partial charge on any atom is -0.353 e. The first-order valence-corrected chi connectivity index (χ1v) is 11.1. The van der Waals surface area contributed by atoms with E-state index >= 15 is 0 Å². The van der Waals surface area contributed by atoms with Crippen LogP contribution in [0.3, 0.4) is 0 Å². The summed E-state index contributed by atoms with van der Waals surface area (Å²) >= 11 is 0. The highest BCUT2D eigenvalue weighted by Gasteiger charge is 2.20. The molecule has 1 aliphatic heterocycles. The number of hydrogen-bond acceptors (Lipinski definition) is 5. The van der Waals surface area contributed by atoms with Crippen LogP contribution in [0.15, 0.2) is 48.5 Å². The standard InChI is InChI=1S/C24H32N6O/c1-29-22-5-3-2-4-21(22)28-24(29)27-20-11-16-30(17-12-20)15-10-18-6-8-19(9-7-18)23(31)26-14-13-25/h2-9,20H,10-17,25H2,1H3,(H,26,31)(H,27,28). The molecule has 1 amide bonds. The number of piperidine rings is 1. The summed E-state index contributed by atoms with van der Waals surface area (Å²) in [6.07, 6.45) is 3.22. The number of fused-ring (bicyclic) bond motifs is 1.